The fraction of sp³-hybridized carbons (Fsp3) is 0.143. The van der Waals surface area contributed by atoms with Gasteiger partial charge in [0.25, 0.3) is 5.91 Å². The summed E-state index contributed by atoms with van der Waals surface area (Å²) in [6.07, 6.45) is 1.61. The van der Waals surface area contributed by atoms with Crippen molar-refractivity contribution in [3.63, 3.8) is 0 Å². The van der Waals surface area contributed by atoms with Crippen LogP contribution in [0.2, 0.25) is 5.02 Å². The highest BCUT2D eigenvalue weighted by Crippen LogP contribution is 2.29. The van der Waals surface area contributed by atoms with Crippen molar-refractivity contribution in [1.82, 2.24) is 4.98 Å². The molecule has 28 heavy (non-hydrogen) atoms. The van der Waals surface area contributed by atoms with Gasteiger partial charge in [0.05, 0.1) is 31.8 Å². The van der Waals surface area contributed by atoms with Crippen LogP contribution in [0.1, 0.15) is 16.1 Å². The molecule has 0 unspecified atom stereocenters. The second kappa shape index (κ2) is 9.10. The third-order valence-corrected chi connectivity index (χ3v) is 4.46. The number of aromatic nitrogens is 1. The third kappa shape index (κ3) is 4.72. The zero-order valence-corrected chi connectivity index (χ0v) is 16.3. The summed E-state index contributed by atoms with van der Waals surface area (Å²) in [5, 5.41) is 6.73. The maximum absolute atomic E-state index is 12.5. The van der Waals surface area contributed by atoms with E-state index in [2.05, 4.69) is 15.6 Å². The van der Waals surface area contributed by atoms with Gasteiger partial charge in [0.1, 0.15) is 17.2 Å². The van der Waals surface area contributed by atoms with Gasteiger partial charge in [-0.1, -0.05) is 29.8 Å². The molecule has 0 atom stereocenters. The van der Waals surface area contributed by atoms with Gasteiger partial charge in [-0.05, 0) is 35.9 Å². The summed E-state index contributed by atoms with van der Waals surface area (Å²) in [5.41, 5.74) is 2.56. The number of anilines is 2. The fourth-order valence-corrected chi connectivity index (χ4v) is 2.77. The highest BCUT2D eigenvalue weighted by molar-refractivity contribution is 6.31. The molecule has 6 nitrogen and oxygen atoms in total. The highest BCUT2D eigenvalue weighted by atomic mass is 35.5. The first-order valence-electron chi connectivity index (χ1n) is 8.57. The zero-order chi connectivity index (χ0) is 19.9. The summed E-state index contributed by atoms with van der Waals surface area (Å²) in [4.78, 5) is 16.7. The molecule has 1 heterocycles. The van der Waals surface area contributed by atoms with Crippen molar-refractivity contribution in [2.24, 2.45) is 0 Å². The number of nitrogens with zero attached hydrogens (tertiary/aromatic N) is 1. The van der Waals surface area contributed by atoms with Gasteiger partial charge in [-0.2, -0.15) is 0 Å². The summed E-state index contributed by atoms with van der Waals surface area (Å²) < 4.78 is 10.5. The standard InChI is InChI=1S/C21H20ClN3O3/c1-27-16-8-10-20(28-2)19(11-16)25-21(26)18-9-7-15(13-24-18)23-12-14-5-3-4-6-17(14)22/h3-11,13,23H,12H2,1-2H3,(H,25,26). The number of rotatable bonds is 7. The molecule has 0 radical (unpaired) electrons. The van der Waals surface area contributed by atoms with E-state index in [1.807, 2.05) is 24.3 Å². The van der Waals surface area contributed by atoms with Crippen LogP contribution in [0, 0.1) is 0 Å². The summed E-state index contributed by atoms with van der Waals surface area (Å²) >= 11 is 6.15. The molecule has 144 valence electrons. The van der Waals surface area contributed by atoms with E-state index in [1.165, 1.54) is 7.11 Å². The first kappa shape index (κ1) is 19.5. The molecule has 0 fully saturated rings. The fourth-order valence-electron chi connectivity index (χ4n) is 2.57. The van der Waals surface area contributed by atoms with E-state index in [-0.39, 0.29) is 11.6 Å². The summed E-state index contributed by atoms with van der Waals surface area (Å²) in [5.74, 6) is 0.805. The van der Waals surface area contributed by atoms with Gasteiger partial charge < -0.3 is 20.1 Å². The minimum atomic E-state index is -0.343. The molecule has 1 aromatic heterocycles. The maximum Gasteiger partial charge on any atom is 0.274 e. The number of carbonyl (C=O) groups is 1. The normalized spacial score (nSPS) is 10.2. The van der Waals surface area contributed by atoms with Crippen LogP contribution in [0.5, 0.6) is 11.5 Å². The summed E-state index contributed by atoms with van der Waals surface area (Å²) in [6.45, 7) is 0.563. The van der Waals surface area contributed by atoms with Crippen LogP contribution in [0.4, 0.5) is 11.4 Å². The molecule has 0 saturated carbocycles. The Morgan fingerprint density at radius 1 is 1.07 bits per heavy atom. The molecule has 0 spiro atoms. The van der Waals surface area contributed by atoms with Crippen LogP contribution in [0.3, 0.4) is 0 Å². The number of hydrogen-bond acceptors (Lipinski definition) is 5. The zero-order valence-electron chi connectivity index (χ0n) is 15.5. The van der Waals surface area contributed by atoms with Gasteiger partial charge in [0, 0.05) is 17.6 Å². The van der Waals surface area contributed by atoms with E-state index in [0.717, 1.165) is 11.3 Å². The molecular weight excluding hydrogens is 378 g/mol. The quantitative estimate of drug-likeness (QED) is 0.608. The number of nitrogens with one attached hydrogen (secondary N) is 2. The summed E-state index contributed by atoms with van der Waals surface area (Å²) in [7, 11) is 3.10. The first-order chi connectivity index (χ1) is 13.6. The van der Waals surface area contributed by atoms with Gasteiger partial charge in [-0.25, -0.2) is 4.98 Å². The highest BCUT2D eigenvalue weighted by Gasteiger charge is 2.12. The van der Waals surface area contributed by atoms with Crippen LogP contribution < -0.4 is 20.1 Å². The lowest BCUT2D eigenvalue weighted by molar-refractivity contribution is 0.102. The first-order valence-corrected chi connectivity index (χ1v) is 8.95. The van der Waals surface area contributed by atoms with Crippen LogP contribution in [-0.2, 0) is 6.54 Å². The van der Waals surface area contributed by atoms with Crippen molar-refractivity contribution in [2.75, 3.05) is 24.9 Å². The van der Waals surface area contributed by atoms with Crippen molar-refractivity contribution in [3.8, 4) is 11.5 Å². The number of pyridine rings is 1. The molecule has 3 aromatic rings. The number of benzene rings is 2. The lowest BCUT2D eigenvalue weighted by atomic mass is 10.2. The smallest absolute Gasteiger partial charge is 0.274 e. The SMILES string of the molecule is COc1ccc(OC)c(NC(=O)c2ccc(NCc3ccccc3Cl)cn2)c1. The van der Waals surface area contributed by atoms with Crippen LogP contribution in [-0.4, -0.2) is 25.1 Å². The van der Waals surface area contributed by atoms with Crippen molar-refractivity contribution < 1.29 is 14.3 Å². The third-order valence-electron chi connectivity index (χ3n) is 4.09. The maximum atomic E-state index is 12.5. The van der Waals surface area contributed by atoms with Gasteiger partial charge >= 0.3 is 0 Å². The molecule has 0 aliphatic rings. The van der Waals surface area contributed by atoms with E-state index in [1.54, 1.807) is 43.6 Å². The minimum absolute atomic E-state index is 0.285. The summed E-state index contributed by atoms with van der Waals surface area (Å²) in [6, 6.07) is 16.2. The second-order valence-electron chi connectivity index (χ2n) is 5.90. The topological polar surface area (TPSA) is 72.5 Å². The lowest BCUT2D eigenvalue weighted by Gasteiger charge is -2.12. The number of halogens is 1. The van der Waals surface area contributed by atoms with E-state index in [9.17, 15) is 4.79 Å². The number of hydrogen-bond donors (Lipinski definition) is 2. The number of methoxy groups -OCH3 is 2. The molecule has 3 rings (SSSR count). The predicted octanol–water partition coefficient (Wildman–Crippen LogP) is 4.62. The lowest BCUT2D eigenvalue weighted by Crippen LogP contribution is -2.14. The monoisotopic (exact) mass is 397 g/mol. The van der Waals surface area contributed by atoms with Crippen LogP contribution in [0.15, 0.2) is 60.8 Å². The Morgan fingerprint density at radius 2 is 1.89 bits per heavy atom. The van der Waals surface area contributed by atoms with Crippen LogP contribution in [0.25, 0.3) is 0 Å². The Kier molecular flexibility index (Phi) is 6.34. The van der Waals surface area contributed by atoms with Crippen LogP contribution >= 0.6 is 11.6 Å². The Balaban J connectivity index is 1.66. The largest absolute Gasteiger partial charge is 0.497 e. The predicted molar refractivity (Wildman–Crippen MR) is 111 cm³/mol. The Morgan fingerprint density at radius 3 is 2.57 bits per heavy atom. The van der Waals surface area contributed by atoms with E-state index < -0.39 is 0 Å². The Bertz CT molecular complexity index is 961. The molecule has 0 aliphatic heterocycles. The number of ether oxygens (including phenoxy) is 2. The average Bonchev–Trinajstić information content (AvgIpc) is 2.73. The van der Waals surface area contributed by atoms with Gasteiger partial charge in [0.2, 0.25) is 0 Å². The Labute approximate surface area is 168 Å². The van der Waals surface area contributed by atoms with E-state index >= 15 is 0 Å². The molecule has 2 N–H and O–H groups in total. The van der Waals surface area contributed by atoms with Gasteiger partial charge in [-0.3, -0.25) is 4.79 Å². The number of carbonyl (C=O) groups excluding carboxylic acids is 1. The minimum Gasteiger partial charge on any atom is -0.497 e. The van der Waals surface area contributed by atoms with Crippen molar-refractivity contribution in [2.45, 2.75) is 6.54 Å². The van der Waals surface area contributed by atoms with Crippen molar-refractivity contribution in [3.05, 3.63) is 77.1 Å². The average molecular weight is 398 g/mol. The molecule has 7 heteroatoms. The molecular formula is C21H20ClN3O3. The molecule has 0 aliphatic carbocycles. The molecule has 2 aromatic carbocycles. The van der Waals surface area contributed by atoms with Crippen molar-refractivity contribution >= 4 is 28.9 Å². The van der Waals surface area contributed by atoms with E-state index in [0.29, 0.717) is 28.8 Å². The number of amides is 1. The van der Waals surface area contributed by atoms with Gasteiger partial charge in [-0.15, -0.1) is 0 Å². The second-order valence-corrected chi connectivity index (χ2v) is 6.30. The molecule has 0 saturated heterocycles. The molecule has 1 amide bonds. The van der Waals surface area contributed by atoms with Gasteiger partial charge in [0.15, 0.2) is 0 Å². The van der Waals surface area contributed by atoms with E-state index in [4.69, 9.17) is 21.1 Å². The van der Waals surface area contributed by atoms with Crippen molar-refractivity contribution in [1.29, 1.82) is 0 Å². The Hall–Kier alpha value is -3.25. The molecule has 0 bridgehead atoms.